The van der Waals surface area contributed by atoms with Gasteiger partial charge in [0.25, 0.3) is 5.69 Å². The summed E-state index contributed by atoms with van der Waals surface area (Å²) < 4.78 is 5.72. The highest BCUT2D eigenvalue weighted by Crippen LogP contribution is 2.29. The lowest BCUT2D eigenvalue weighted by atomic mass is 10.1. The molecule has 4 nitrogen and oxygen atoms in total. The molecular weight excluding hydrogens is 242 g/mol. The molecule has 0 unspecified atom stereocenters. The molecule has 4 heteroatoms. The third-order valence-electron chi connectivity index (χ3n) is 3.14. The van der Waals surface area contributed by atoms with Crippen LogP contribution in [0.5, 0.6) is 5.75 Å². The molecule has 19 heavy (non-hydrogen) atoms. The van der Waals surface area contributed by atoms with Gasteiger partial charge in [0.05, 0.1) is 4.92 Å². The fourth-order valence-electron chi connectivity index (χ4n) is 1.87. The topological polar surface area (TPSA) is 52.4 Å². The van der Waals surface area contributed by atoms with Crippen molar-refractivity contribution in [1.29, 1.82) is 0 Å². The number of ether oxygens (including phenoxy) is 1. The highest BCUT2D eigenvalue weighted by atomic mass is 16.6. The van der Waals surface area contributed by atoms with E-state index < -0.39 is 0 Å². The first-order valence-corrected chi connectivity index (χ1v) is 6.01. The van der Waals surface area contributed by atoms with Crippen LogP contribution in [0.1, 0.15) is 16.7 Å². The van der Waals surface area contributed by atoms with Gasteiger partial charge in [-0.15, -0.1) is 0 Å². The SMILES string of the molecule is Cc1c(OCc2ccccc2)ccc([N+](=O)[O-])c1C. The molecule has 0 fully saturated rings. The minimum Gasteiger partial charge on any atom is -0.489 e. The molecule has 0 heterocycles. The highest BCUT2D eigenvalue weighted by molar-refractivity contribution is 5.51. The Bertz CT molecular complexity index is 594. The second-order valence-electron chi connectivity index (χ2n) is 4.36. The van der Waals surface area contributed by atoms with E-state index in [4.69, 9.17) is 4.74 Å². The Labute approximate surface area is 111 Å². The molecule has 0 atom stereocenters. The lowest BCUT2D eigenvalue weighted by Crippen LogP contribution is -2.00. The second kappa shape index (κ2) is 5.52. The zero-order valence-electron chi connectivity index (χ0n) is 10.9. The average Bonchev–Trinajstić information content (AvgIpc) is 2.41. The number of benzene rings is 2. The summed E-state index contributed by atoms with van der Waals surface area (Å²) in [6.07, 6.45) is 0. The molecule has 0 bridgehead atoms. The molecule has 0 radical (unpaired) electrons. The Balaban J connectivity index is 2.18. The molecule has 2 aromatic rings. The zero-order valence-corrected chi connectivity index (χ0v) is 10.9. The van der Waals surface area contributed by atoms with Crippen LogP contribution in [-0.4, -0.2) is 4.92 Å². The summed E-state index contributed by atoms with van der Waals surface area (Å²) in [5.74, 6) is 0.687. The van der Waals surface area contributed by atoms with Crippen molar-refractivity contribution >= 4 is 5.69 Å². The van der Waals surface area contributed by atoms with E-state index in [0.717, 1.165) is 11.1 Å². The summed E-state index contributed by atoms with van der Waals surface area (Å²) in [5.41, 5.74) is 2.66. The summed E-state index contributed by atoms with van der Waals surface area (Å²) >= 11 is 0. The molecule has 0 aliphatic rings. The lowest BCUT2D eigenvalue weighted by molar-refractivity contribution is -0.385. The predicted octanol–water partition coefficient (Wildman–Crippen LogP) is 3.79. The maximum absolute atomic E-state index is 10.8. The van der Waals surface area contributed by atoms with Gasteiger partial charge in [0, 0.05) is 17.2 Å². The van der Waals surface area contributed by atoms with Crippen molar-refractivity contribution in [2.75, 3.05) is 0 Å². The molecule has 0 aromatic heterocycles. The Morgan fingerprint density at radius 1 is 1.05 bits per heavy atom. The summed E-state index contributed by atoms with van der Waals surface area (Å²) in [5, 5.41) is 10.8. The third kappa shape index (κ3) is 2.91. The third-order valence-corrected chi connectivity index (χ3v) is 3.14. The van der Waals surface area contributed by atoms with Gasteiger partial charge in [-0.1, -0.05) is 30.3 Å². The zero-order chi connectivity index (χ0) is 13.8. The van der Waals surface area contributed by atoms with Crippen molar-refractivity contribution in [3.05, 3.63) is 69.3 Å². The number of nitro benzene ring substituents is 1. The van der Waals surface area contributed by atoms with E-state index in [0.29, 0.717) is 17.9 Å². The van der Waals surface area contributed by atoms with Crippen LogP contribution in [0.4, 0.5) is 5.69 Å². The van der Waals surface area contributed by atoms with Gasteiger partial charge in [-0.3, -0.25) is 10.1 Å². The van der Waals surface area contributed by atoms with E-state index in [1.807, 2.05) is 37.3 Å². The van der Waals surface area contributed by atoms with Gasteiger partial charge in [-0.25, -0.2) is 0 Å². The first-order chi connectivity index (χ1) is 9.09. The van der Waals surface area contributed by atoms with Crippen molar-refractivity contribution in [1.82, 2.24) is 0 Å². The van der Waals surface area contributed by atoms with E-state index in [1.54, 1.807) is 13.0 Å². The molecule has 2 aromatic carbocycles. The quantitative estimate of drug-likeness (QED) is 0.618. The number of hydrogen-bond donors (Lipinski definition) is 0. The van der Waals surface area contributed by atoms with Crippen LogP contribution in [0.2, 0.25) is 0 Å². The minimum absolute atomic E-state index is 0.129. The molecule has 0 amide bonds. The summed E-state index contributed by atoms with van der Waals surface area (Å²) in [4.78, 5) is 10.5. The van der Waals surface area contributed by atoms with Crippen LogP contribution in [0.3, 0.4) is 0 Å². The number of nitro groups is 1. The monoisotopic (exact) mass is 257 g/mol. The Morgan fingerprint density at radius 3 is 2.37 bits per heavy atom. The van der Waals surface area contributed by atoms with Gasteiger partial charge in [-0.05, 0) is 25.5 Å². The van der Waals surface area contributed by atoms with Crippen LogP contribution >= 0.6 is 0 Å². The number of hydrogen-bond acceptors (Lipinski definition) is 3. The van der Waals surface area contributed by atoms with E-state index in [2.05, 4.69) is 0 Å². The smallest absolute Gasteiger partial charge is 0.272 e. The summed E-state index contributed by atoms with van der Waals surface area (Å²) in [7, 11) is 0. The van der Waals surface area contributed by atoms with E-state index in [1.165, 1.54) is 6.07 Å². The average molecular weight is 257 g/mol. The maximum atomic E-state index is 10.8. The van der Waals surface area contributed by atoms with Crippen molar-refractivity contribution in [2.45, 2.75) is 20.5 Å². The minimum atomic E-state index is -0.372. The molecule has 0 aliphatic heterocycles. The first-order valence-electron chi connectivity index (χ1n) is 6.01. The van der Waals surface area contributed by atoms with Gasteiger partial charge < -0.3 is 4.74 Å². The predicted molar refractivity (Wildman–Crippen MR) is 73.3 cm³/mol. The van der Waals surface area contributed by atoms with Crippen LogP contribution in [0.25, 0.3) is 0 Å². The van der Waals surface area contributed by atoms with Gasteiger partial charge in [-0.2, -0.15) is 0 Å². The Hall–Kier alpha value is -2.36. The molecule has 0 N–H and O–H groups in total. The summed E-state index contributed by atoms with van der Waals surface area (Å²) in [6, 6.07) is 13.0. The standard InChI is InChI=1S/C15H15NO3/c1-11-12(2)15(9-8-14(11)16(17)18)19-10-13-6-4-3-5-7-13/h3-9H,10H2,1-2H3. The van der Waals surface area contributed by atoms with Crippen LogP contribution in [0, 0.1) is 24.0 Å². The van der Waals surface area contributed by atoms with Gasteiger partial charge >= 0.3 is 0 Å². The highest BCUT2D eigenvalue weighted by Gasteiger charge is 2.15. The molecule has 0 aliphatic carbocycles. The fourth-order valence-corrected chi connectivity index (χ4v) is 1.87. The Kier molecular flexibility index (Phi) is 3.80. The van der Waals surface area contributed by atoms with Crippen molar-refractivity contribution in [3.8, 4) is 5.75 Å². The molecule has 2 rings (SSSR count). The van der Waals surface area contributed by atoms with Crippen LogP contribution < -0.4 is 4.74 Å². The van der Waals surface area contributed by atoms with Crippen molar-refractivity contribution in [2.24, 2.45) is 0 Å². The van der Waals surface area contributed by atoms with Gasteiger partial charge in [0.2, 0.25) is 0 Å². The maximum Gasteiger partial charge on any atom is 0.272 e. The van der Waals surface area contributed by atoms with Gasteiger partial charge in [0.1, 0.15) is 12.4 Å². The number of rotatable bonds is 4. The largest absolute Gasteiger partial charge is 0.489 e. The van der Waals surface area contributed by atoms with E-state index in [-0.39, 0.29) is 10.6 Å². The number of nitrogens with zero attached hydrogens (tertiary/aromatic N) is 1. The van der Waals surface area contributed by atoms with E-state index in [9.17, 15) is 10.1 Å². The molecule has 0 saturated heterocycles. The molecule has 98 valence electrons. The molecular formula is C15H15NO3. The van der Waals surface area contributed by atoms with E-state index >= 15 is 0 Å². The molecule has 0 spiro atoms. The fraction of sp³-hybridized carbons (Fsp3) is 0.200. The molecule has 0 saturated carbocycles. The second-order valence-corrected chi connectivity index (χ2v) is 4.36. The van der Waals surface area contributed by atoms with Crippen molar-refractivity contribution < 1.29 is 9.66 Å². The normalized spacial score (nSPS) is 10.2. The van der Waals surface area contributed by atoms with Crippen LogP contribution in [-0.2, 0) is 6.61 Å². The Morgan fingerprint density at radius 2 is 1.74 bits per heavy atom. The summed E-state index contributed by atoms with van der Waals surface area (Å²) in [6.45, 7) is 4.03. The van der Waals surface area contributed by atoms with Crippen LogP contribution in [0.15, 0.2) is 42.5 Å². The first kappa shape index (κ1) is 13.1. The lowest BCUT2D eigenvalue weighted by Gasteiger charge is -2.11. The van der Waals surface area contributed by atoms with Crippen molar-refractivity contribution in [3.63, 3.8) is 0 Å². The van der Waals surface area contributed by atoms with Gasteiger partial charge in [0.15, 0.2) is 0 Å².